The van der Waals surface area contributed by atoms with Crippen LogP contribution in [0, 0.1) is 6.92 Å². The lowest BCUT2D eigenvalue weighted by Gasteiger charge is -2.07. The molecule has 7 heteroatoms. The van der Waals surface area contributed by atoms with Gasteiger partial charge in [0, 0.05) is 15.7 Å². The van der Waals surface area contributed by atoms with Crippen LogP contribution in [0.5, 0.6) is 0 Å². The molecule has 0 saturated carbocycles. The summed E-state index contributed by atoms with van der Waals surface area (Å²) in [6, 6.07) is 15.2. The largest absolute Gasteiger partial charge is 0.324 e. The van der Waals surface area contributed by atoms with Crippen molar-refractivity contribution in [2.24, 2.45) is 0 Å². The van der Waals surface area contributed by atoms with Crippen molar-refractivity contribution in [2.45, 2.75) is 13.5 Å². The molecule has 0 aliphatic heterocycles. The summed E-state index contributed by atoms with van der Waals surface area (Å²) in [4.78, 5) is 12.2. The summed E-state index contributed by atoms with van der Waals surface area (Å²) in [6.07, 6.45) is 0. The van der Waals surface area contributed by atoms with Crippen LogP contribution in [0.15, 0.2) is 53.0 Å². The van der Waals surface area contributed by atoms with E-state index in [-0.39, 0.29) is 12.5 Å². The van der Waals surface area contributed by atoms with Gasteiger partial charge in [-0.2, -0.15) is 0 Å². The highest BCUT2D eigenvalue weighted by Gasteiger charge is 2.12. The third-order valence-electron chi connectivity index (χ3n) is 3.26. The third kappa shape index (κ3) is 3.81. The van der Waals surface area contributed by atoms with E-state index in [0.717, 1.165) is 21.3 Å². The number of aromatic nitrogens is 4. The van der Waals surface area contributed by atoms with E-state index in [0.29, 0.717) is 5.82 Å². The Morgan fingerprint density at radius 2 is 1.83 bits per heavy atom. The molecule has 0 atom stereocenters. The molecule has 1 amide bonds. The number of benzene rings is 2. The molecule has 0 aliphatic carbocycles. The molecule has 3 rings (SSSR count). The molecule has 0 bridgehead atoms. The van der Waals surface area contributed by atoms with Gasteiger partial charge in [0.15, 0.2) is 5.82 Å². The second-order valence-electron chi connectivity index (χ2n) is 5.08. The average molecular weight is 372 g/mol. The smallest absolute Gasteiger partial charge is 0.246 e. The van der Waals surface area contributed by atoms with Crippen LogP contribution in [-0.4, -0.2) is 26.1 Å². The summed E-state index contributed by atoms with van der Waals surface area (Å²) in [5.74, 6) is 0.371. The molecule has 1 heterocycles. The molecule has 6 nitrogen and oxygen atoms in total. The summed E-state index contributed by atoms with van der Waals surface area (Å²) in [6.45, 7) is 2.05. The zero-order valence-corrected chi connectivity index (χ0v) is 14.0. The maximum absolute atomic E-state index is 12.2. The number of tetrazole rings is 1. The third-order valence-corrected chi connectivity index (χ3v) is 3.79. The van der Waals surface area contributed by atoms with E-state index in [1.807, 2.05) is 55.5 Å². The quantitative estimate of drug-likeness (QED) is 0.764. The standard InChI is InChI=1S/C16H14BrN5O/c1-11-2-8-14(9-3-11)18-15(23)10-22-16(19-20-21-22)12-4-6-13(17)7-5-12/h2-9H,10H2,1H3,(H,18,23). The molecule has 0 radical (unpaired) electrons. The predicted octanol–water partition coefficient (Wildman–Crippen LogP) is 3.05. The van der Waals surface area contributed by atoms with Crippen LogP contribution in [0.4, 0.5) is 5.69 Å². The number of amides is 1. The Morgan fingerprint density at radius 3 is 2.52 bits per heavy atom. The minimum atomic E-state index is -0.181. The lowest BCUT2D eigenvalue weighted by molar-refractivity contribution is -0.116. The first-order valence-electron chi connectivity index (χ1n) is 7.00. The van der Waals surface area contributed by atoms with E-state index >= 15 is 0 Å². The van der Waals surface area contributed by atoms with Crippen LogP contribution in [0.2, 0.25) is 0 Å². The van der Waals surface area contributed by atoms with Crippen molar-refractivity contribution in [3.8, 4) is 11.4 Å². The molecule has 1 aromatic heterocycles. The first-order valence-corrected chi connectivity index (χ1v) is 7.80. The zero-order valence-electron chi connectivity index (χ0n) is 12.4. The summed E-state index contributed by atoms with van der Waals surface area (Å²) >= 11 is 3.39. The molecular formula is C16H14BrN5O. The van der Waals surface area contributed by atoms with E-state index in [9.17, 15) is 4.79 Å². The van der Waals surface area contributed by atoms with Crippen molar-refractivity contribution in [3.63, 3.8) is 0 Å². The Balaban J connectivity index is 1.73. The number of hydrogen-bond acceptors (Lipinski definition) is 4. The number of aryl methyl sites for hydroxylation is 1. The van der Waals surface area contributed by atoms with E-state index in [2.05, 4.69) is 36.8 Å². The number of nitrogens with one attached hydrogen (secondary N) is 1. The van der Waals surface area contributed by atoms with Crippen molar-refractivity contribution >= 4 is 27.5 Å². The zero-order chi connectivity index (χ0) is 16.2. The van der Waals surface area contributed by atoms with Gasteiger partial charge < -0.3 is 5.32 Å². The fourth-order valence-electron chi connectivity index (χ4n) is 2.09. The first kappa shape index (κ1) is 15.4. The van der Waals surface area contributed by atoms with Gasteiger partial charge in [0.05, 0.1) is 0 Å². The maximum Gasteiger partial charge on any atom is 0.246 e. The van der Waals surface area contributed by atoms with Crippen LogP contribution in [0.3, 0.4) is 0 Å². The topological polar surface area (TPSA) is 72.7 Å². The van der Waals surface area contributed by atoms with E-state index < -0.39 is 0 Å². The Bertz CT molecular complexity index is 811. The van der Waals surface area contributed by atoms with Crippen molar-refractivity contribution in [1.82, 2.24) is 20.2 Å². The molecule has 116 valence electrons. The van der Waals surface area contributed by atoms with E-state index in [1.54, 1.807) is 0 Å². The van der Waals surface area contributed by atoms with Crippen molar-refractivity contribution in [1.29, 1.82) is 0 Å². The number of anilines is 1. The Hall–Kier alpha value is -2.54. The minimum Gasteiger partial charge on any atom is -0.324 e. The maximum atomic E-state index is 12.2. The van der Waals surface area contributed by atoms with Gasteiger partial charge in [-0.1, -0.05) is 45.8 Å². The van der Waals surface area contributed by atoms with Gasteiger partial charge in [0.2, 0.25) is 5.91 Å². The van der Waals surface area contributed by atoms with Crippen LogP contribution < -0.4 is 5.32 Å². The average Bonchev–Trinajstić information content (AvgIpc) is 2.98. The number of rotatable bonds is 4. The summed E-state index contributed by atoms with van der Waals surface area (Å²) in [5.41, 5.74) is 2.74. The molecule has 0 saturated heterocycles. The van der Waals surface area contributed by atoms with Crippen LogP contribution in [0.1, 0.15) is 5.56 Å². The van der Waals surface area contributed by atoms with E-state index in [4.69, 9.17) is 0 Å². The van der Waals surface area contributed by atoms with Gasteiger partial charge in [-0.25, -0.2) is 4.68 Å². The predicted molar refractivity (Wildman–Crippen MR) is 90.8 cm³/mol. The van der Waals surface area contributed by atoms with Crippen molar-refractivity contribution in [3.05, 3.63) is 58.6 Å². The van der Waals surface area contributed by atoms with Crippen LogP contribution in [-0.2, 0) is 11.3 Å². The number of nitrogens with zero attached hydrogens (tertiary/aromatic N) is 4. The highest BCUT2D eigenvalue weighted by atomic mass is 79.9. The fourth-order valence-corrected chi connectivity index (χ4v) is 2.35. The number of carbonyl (C=O) groups excluding carboxylic acids is 1. The van der Waals surface area contributed by atoms with Crippen molar-refractivity contribution < 1.29 is 4.79 Å². The van der Waals surface area contributed by atoms with Gasteiger partial charge in [-0.15, -0.1) is 5.10 Å². The Morgan fingerprint density at radius 1 is 1.13 bits per heavy atom. The fraction of sp³-hybridized carbons (Fsp3) is 0.125. The minimum absolute atomic E-state index is 0.0479. The first-order chi connectivity index (χ1) is 11.1. The molecule has 0 unspecified atom stereocenters. The highest BCUT2D eigenvalue weighted by Crippen LogP contribution is 2.19. The SMILES string of the molecule is Cc1ccc(NC(=O)Cn2nnnc2-c2ccc(Br)cc2)cc1. The molecule has 0 spiro atoms. The number of hydrogen-bond donors (Lipinski definition) is 1. The lowest BCUT2D eigenvalue weighted by Crippen LogP contribution is -2.20. The monoisotopic (exact) mass is 371 g/mol. The molecule has 0 fully saturated rings. The van der Waals surface area contributed by atoms with Gasteiger partial charge >= 0.3 is 0 Å². The summed E-state index contributed by atoms with van der Waals surface area (Å²) in [7, 11) is 0. The molecule has 2 aromatic carbocycles. The highest BCUT2D eigenvalue weighted by molar-refractivity contribution is 9.10. The van der Waals surface area contributed by atoms with Crippen molar-refractivity contribution in [2.75, 3.05) is 5.32 Å². The number of carbonyl (C=O) groups is 1. The molecule has 0 aliphatic rings. The Kier molecular flexibility index (Phi) is 4.47. The molecule has 1 N–H and O–H groups in total. The summed E-state index contributed by atoms with van der Waals surface area (Å²) < 4.78 is 2.45. The Labute approximate surface area is 141 Å². The molecule has 23 heavy (non-hydrogen) atoms. The van der Waals surface area contributed by atoms with E-state index in [1.165, 1.54) is 4.68 Å². The lowest BCUT2D eigenvalue weighted by atomic mass is 10.2. The second-order valence-corrected chi connectivity index (χ2v) is 6.00. The van der Waals surface area contributed by atoms with Crippen LogP contribution in [0.25, 0.3) is 11.4 Å². The second kappa shape index (κ2) is 6.70. The van der Waals surface area contributed by atoms with Gasteiger partial charge in [0.1, 0.15) is 6.54 Å². The number of halogens is 1. The van der Waals surface area contributed by atoms with Gasteiger partial charge in [-0.05, 0) is 41.6 Å². The molecular weight excluding hydrogens is 358 g/mol. The van der Waals surface area contributed by atoms with Crippen LogP contribution >= 0.6 is 15.9 Å². The normalized spacial score (nSPS) is 10.5. The van der Waals surface area contributed by atoms with Gasteiger partial charge in [-0.3, -0.25) is 4.79 Å². The molecule has 3 aromatic rings. The van der Waals surface area contributed by atoms with Gasteiger partial charge in [0.25, 0.3) is 0 Å². The summed E-state index contributed by atoms with van der Waals surface area (Å²) in [5, 5.41) is 14.4.